The molecule has 26 heavy (non-hydrogen) atoms. The summed E-state index contributed by atoms with van der Waals surface area (Å²) in [6.45, 7) is 3.93. The van der Waals surface area contributed by atoms with Gasteiger partial charge in [0.2, 0.25) is 0 Å². The molecule has 2 aromatic rings. The van der Waals surface area contributed by atoms with E-state index in [0.29, 0.717) is 11.3 Å². The van der Waals surface area contributed by atoms with E-state index >= 15 is 0 Å². The molecule has 3 heterocycles. The van der Waals surface area contributed by atoms with E-state index in [4.69, 9.17) is 0 Å². The number of hydrogen-bond acceptors (Lipinski definition) is 3. The number of aromatic nitrogens is 2. The predicted octanol–water partition coefficient (Wildman–Crippen LogP) is 2.02. The molecular weight excluding hydrogens is 328 g/mol. The summed E-state index contributed by atoms with van der Waals surface area (Å²) >= 11 is 0. The fourth-order valence-electron chi connectivity index (χ4n) is 4.35. The first-order valence-electron chi connectivity index (χ1n) is 9.59. The zero-order valence-electron chi connectivity index (χ0n) is 15.0. The van der Waals surface area contributed by atoms with Crippen LogP contribution < -0.4 is 11.0 Å². The van der Waals surface area contributed by atoms with Gasteiger partial charge in [-0.3, -0.25) is 9.36 Å². The summed E-state index contributed by atoms with van der Waals surface area (Å²) in [5, 5.41) is 3.51. The lowest BCUT2D eigenvalue weighted by Crippen LogP contribution is -2.43. The van der Waals surface area contributed by atoms with Crippen LogP contribution in [0.1, 0.15) is 36.0 Å². The molecule has 2 saturated heterocycles. The highest BCUT2D eigenvalue weighted by Crippen LogP contribution is 2.30. The normalized spacial score (nSPS) is 21.7. The number of likely N-dealkylation sites (tertiary alicyclic amines) is 1. The van der Waals surface area contributed by atoms with Crippen molar-refractivity contribution < 1.29 is 4.79 Å². The molecule has 2 fully saturated rings. The first-order valence-corrected chi connectivity index (χ1v) is 9.59. The van der Waals surface area contributed by atoms with E-state index in [9.17, 15) is 9.59 Å². The topological polar surface area (TPSA) is 70.1 Å². The number of nitrogens with zero attached hydrogens (tertiary/aromatic N) is 2. The lowest BCUT2D eigenvalue weighted by atomic mass is 9.80. The first kappa shape index (κ1) is 17.1. The Balaban J connectivity index is 1.42. The van der Waals surface area contributed by atoms with Crippen molar-refractivity contribution in [2.24, 2.45) is 11.8 Å². The molecule has 2 aliphatic heterocycles. The van der Waals surface area contributed by atoms with Crippen LogP contribution in [0.15, 0.2) is 41.5 Å². The lowest BCUT2D eigenvalue weighted by molar-refractivity contribution is 0.0645. The van der Waals surface area contributed by atoms with E-state index in [-0.39, 0.29) is 11.6 Å². The predicted molar refractivity (Wildman–Crippen MR) is 101 cm³/mol. The van der Waals surface area contributed by atoms with Crippen LogP contribution in [0.3, 0.4) is 0 Å². The number of carbonyl (C=O) groups excluding carboxylic acids is 1. The Morgan fingerprint density at radius 3 is 2.65 bits per heavy atom. The third-order valence-corrected chi connectivity index (χ3v) is 5.85. The Morgan fingerprint density at radius 1 is 1.12 bits per heavy atom. The molecule has 6 nitrogen and oxygen atoms in total. The van der Waals surface area contributed by atoms with Crippen LogP contribution in [0.25, 0.3) is 5.69 Å². The van der Waals surface area contributed by atoms with Crippen molar-refractivity contribution >= 4 is 5.91 Å². The minimum Gasteiger partial charge on any atom is -0.339 e. The molecule has 0 aliphatic carbocycles. The highest BCUT2D eigenvalue weighted by molar-refractivity contribution is 5.94. The number of H-pyrrole nitrogens is 1. The van der Waals surface area contributed by atoms with Gasteiger partial charge >= 0.3 is 5.69 Å². The fourth-order valence-corrected chi connectivity index (χ4v) is 4.35. The Hall–Kier alpha value is -2.34. The quantitative estimate of drug-likeness (QED) is 0.886. The number of hydrogen-bond donors (Lipinski definition) is 2. The summed E-state index contributed by atoms with van der Waals surface area (Å²) in [6, 6.07) is 7.31. The van der Waals surface area contributed by atoms with E-state index in [1.54, 1.807) is 18.5 Å². The maximum absolute atomic E-state index is 12.9. The SMILES string of the molecule is O=C(c1cccc(-n2cc[nH]c2=O)c1)N1CCC(C2CCCNC2)CC1. The van der Waals surface area contributed by atoms with Gasteiger partial charge in [0.1, 0.15) is 0 Å². The number of benzene rings is 1. The number of imidazole rings is 1. The van der Waals surface area contributed by atoms with Crippen LogP contribution in [0, 0.1) is 11.8 Å². The molecule has 0 bridgehead atoms. The molecule has 1 amide bonds. The number of amides is 1. The minimum absolute atomic E-state index is 0.0654. The molecule has 0 radical (unpaired) electrons. The number of nitrogens with one attached hydrogen (secondary N) is 2. The third-order valence-electron chi connectivity index (χ3n) is 5.85. The molecule has 1 unspecified atom stereocenters. The average Bonchev–Trinajstić information content (AvgIpc) is 3.14. The van der Waals surface area contributed by atoms with Gasteiger partial charge in [0, 0.05) is 31.0 Å². The molecule has 4 rings (SSSR count). The van der Waals surface area contributed by atoms with Gasteiger partial charge in [-0.05, 0) is 68.8 Å². The van der Waals surface area contributed by atoms with Crippen LogP contribution in [-0.2, 0) is 0 Å². The fraction of sp³-hybridized carbons (Fsp3) is 0.500. The van der Waals surface area contributed by atoms with Crippen molar-refractivity contribution in [1.82, 2.24) is 19.8 Å². The second kappa shape index (κ2) is 7.50. The minimum atomic E-state index is -0.198. The largest absolute Gasteiger partial charge is 0.339 e. The second-order valence-electron chi connectivity index (χ2n) is 7.42. The van der Waals surface area contributed by atoms with Crippen molar-refractivity contribution in [2.45, 2.75) is 25.7 Å². The molecule has 0 spiro atoms. The van der Waals surface area contributed by atoms with Gasteiger partial charge < -0.3 is 15.2 Å². The van der Waals surface area contributed by atoms with Crippen molar-refractivity contribution in [1.29, 1.82) is 0 Å². The smallest absolute Gasteiger partial charge is 0.330 e. The highest BCUT2D eigenvalue weighted by atomic mass is 16.2. The van der Waals surface area contributed by atoms with Gasteiger partial charge in [-0.15, -0.1) is 0 Å². The number of carbonyl (C=O) groups is 1. The Bertz CT molecular complexity index is 811. The number of aromatic amines is 1. The highest BCUT2D eigenvalue weighted by Gasteiger charge is 2.29. The molecule has 1 aromatic carbocycles. The Labute approximate surface area is 153 Å². The summed E-state index contributed by atoms with van der Waals surface area (Å²) < 4.78 is 1.51. The molecule has 6 heteroatoms. The second-order valence-corrected chi connectivity index (χ2v) is 7.42. The molecule has 138 valence electrons. The third kappa shape index (κ3) is 3.46. The molecule has 1 aromatic heterocycles. The summed E-state index contributed by atoms with van der Waals surface area (Å²) in [5.41, 5.74) is 1.16. The van der Waals surface area contributed by atoms with Crippen molar-refractivity contribution in [3.05, 3.63) is 52.7 Å². The van der Waals surface area contributed by atoms with Crippen molar-refractivity contribution in [3.63, 3.8) is 0 Å². The van der Waals surface area contributed by atoms with E-state index in [1.165, 1.54) is 17.4 Å². The molecule has 0 saturated carbocycles. The van der Waals surface area contributed by atoms with Gasteiger partial charge in [-0.1, -0.05) is 6.07 Å². The maximum Gasteiger partial charge on any atom is 0.330 e. The zero-order valence-corrected chi connectivity index (χ0v) is 15.0. The van der Waals surface area contributed by atoms with Crippen molar-refractivity contribution in [3.8, 4) is 5.69 Å². The van der Waals surface area contributed by atoms with Crippen LogP contribution in [0.4, 0.5) is 0 Å². The summed E-state index contributed by atoms with van der Waals surface area (Å²) in [6.07, 6.45) is 8.05. The number of rotatable bonds is 3. The van der Waals surface area contributed by atoms with Gasteiger partial charge in [0.05, 0.1) is 5.69 Å². The first-order chi connectivity index (χ1) is 12.7. The van der Waals surface area contributed by atoms with E-state index in [0.717, 1.165) is 50.9 Å². The zero-order chi connectivity index (χ0) is 17.9. The van der Waals surface area contributed by atoms with Crippen LogP contribution in [0.5, 0.6) is 0 Å². The van der Waals surface area contributed by atoms with E-state index in [1.807, 2.05) is 23.1 Å². The molecule has 2 aliphatic rings. The van der Waals surface area contributed by atoms with E-state index < -0.39 is 0 Å². The Morgan fingerprint density at radius 2 is 1.96 bits per heavy atom. The van der Waals surface area contributed by atoms with Gasteiger partial charge in [-0.2, -0.15) is 0 Å². The standard InChI is InChI=1S/C20H26N4O2/c25-19(16-3-1-5-18(13-16)24-12-9-22-20(24)26)23-10-6-15(7-11-23)17-4-2-8-21-14-17/h1,3,5,9,12-13,15,17,21H,2,4,6-8,10-11,14H2,(H,22,26). The monoisotopic (exact) mass is 354 g/mol. The van der Waals surface area contributed by atoms with Gasteiger partial charge in [-0.25, -0.2) is 4.79 Å². The van der Waals surface area contributed by atoms with Crippen molar-refractivity contribution in [2.75, 3.05) is 26.2 Å². The van der Waals surface area contributed by atoms with Crippen LogP contribution in [-0.4, -0.2) is 46.5 Å². The van der Waals surface area contributed by atoms with E-state index in [2.05, 4.69) is 10.3 Å². The van der Waals surface area contributed by atoms with Gasteiger partial charge in [0.25, 0.3) is 5.91 Å². The number of piperidine rings is 2. The molecule has 2 N–H and O–H groups in total. The summed E-state index contributed by atoms with van der Waals surface area (Å²) in [7, 11) is 0. The van der Waals surface area contributed by atoms with Gasteiger partial charge in [0.15, 0.2) is 0 Å². The van der Waals surface area contributed by atoms with Crippen LogP contribution >= 0.6 is 0 Å². The average molecular weight is 354 g/mol. The summed E-state index contributed by atoms with van der Waals surface area (Å²) in [4.78, 5) is 29.3. The molecule has 1 atom stereocenters. The maximum atomic E-state index is 12.9. The van der Waals surface area contributed by atoms with Crippen LogP contribution in [0.2, 0.25) is 0 Å². The molecular formula is C20H26N4O2. The lowest BCUT2D eigenvalue weighted by Gasteiger charge is -2.37. The Kier molecular flexibility index (Phi) is 4.93. The summed E-state index contributed by atoms with van der Waals surface area (Å²) in [5.74, 6) is 1.57.